The molecule has 0 aromatic heterocycles. The number of nitrogens with one attached hydrogen (secondary N) is 1. The molecule has 3 nitrogen and oxygen atoms in total. The highest BCUT2D eigenvalue weighted by Crippen LogP contribution is 2.15. The number of rotatable bonds is 5. The lowest BCUT2D eigenvalue weighted by molar-refractivity contribution is -0.121. The van der Waals surface area contributed by atoms with Crippen molar-refractivity contribution in [3.8, 4) is 0 Å². The Morgan fingerprint density at radius 3 is 2.71 bits per heavy atom. The first-order valence-electron chi connectivity index (χ1n) is 5.67. The molecule has 0 fully saturated rings. The highest BCUT2D eigenvalue weighted by Gasteiger charge is 2.18. The lowest BCUT2D eigenvalue weighted by atomic mass is 10.0. The molecule has 0 bridgehead atoms. The van der Waals surface area contributed by atoms with Crippen LogP contribution in [-0.2, 0) is 11.2 Å². The third kappa shape index (κ3) is 4.75. The quantitative estimate of drug-likeness (QED) is 0.847. The van der Waals surface area contributed by atoms with Crippen molar-refractivity contribution in [1.82, 2.24) is 5.32 Å². The van der Waals surface area contributed by atoms with E-state index in [0.29, 0.717) is 11.4 Å². The molecule has 17 heavy (non-hydrogen) atoms. The summed E-state index contributed by atoms with van der Waals surface area (Å²) in [5.41, 5.74) is -0.0568. The molecular weight excluding hydrogens is 238 g/mol. The predicted molar refractivity (Wildman–Crippen MR) is 69.1 cm³/mol. The summed E-state index contributed by atoms with van der Waals surface area (Å²) in [7, 11) is 0. The fourth-order valence-electron chi connectivity index (χ4n) is 1.29. The fraction of sp³-hybridized carbons (Fsp3) is 0.462. The van der Waals surface area contributed by atoms with E-state index in [0.717, 1.165) is 5.56 Å². The van der Waals surface area contributed by atoms with Crippen molar-refractivity contribution in [2.24, 2.45) is 0 Å². The van der Waals surface area contributed by atoms with Crippen molar-refractivity contribution < 1.29 is 9.90 Å². The molecule has 0 radical (unpaired) electrons. The molecule has 1 unspecified atom stereocenters. The molecule has 94 valence electrons. The average Bonchev–Trinajstić information content (AvgIpc) is 2.30. The van der Waals surface area contributed by atoms with E-state index in [1.807, 2.05) is 25.1 Å². The van der Waals surface area contributed by atoms with E-state index in [1.165, 1.54) is 0 Å². The van der Waals surface area contributed by atoms with Crippen LogP contribution in [-0.4, -0.2) is 23.2 Å². The molecule has 1 rings (SSSR count). The van der Waals surface area contributed by atoms with Crippen LogP contribution in [0.5, 0.6) is 0 Å². The lowest BCUT2D eigenvalue weighted by Crippen LogP contribution is -2.40. The third-order valence-electron chi connectivity index (χ3n) is 2.74. The van der Waals surface area contributed by atoms with E-state index < -0.39 is 5.60 Å². The number of hydrogen-bond donors (Lipinski definition) is 2. The van der Waals surface area contributed by atoms with Gasteiger partial charge in [0.05, 0.1) is 12.0 Å². The van der Waals surface area contributed by atoms with Gasteiger partial charge in [0.25, 0.3) is 0 Å². The first-order valence-corrected chi connectivity index (χ1v) is 6.05. The summed E-state index contributed by atoms with van der Waals surface area (Å²) in [6.07, 6.45) is 0.832. The Kier molecular flexibility index (Phi) is 4.97. The van der Waals surface area contributed by atoms with Gasteiger partial charge in [-0.25, -0.2) is 0 Å². The maximum Gasteiger partial charge on any atom is 0.224 e. The Morgan fingerprint density at radius 1 is 1.47 bits per heavy atom. The fourth-order valence-corrected chi connectivity index (χ4v) is 1.49. The summed E-state index contributed by atoms with van der Waals surface area (Å²) in [6, 6.07) is 7.24. The number of carbonyl (C=O) groups excluding carboxylic acids is 1. The van der Waals surface area contributed by atoms with Crippen LogP contribution in [0.4, 0.5) is 0 Å². The summed E-state index contributed by atoms with van der Waals surface area (Å²) in [6.45, 7) is 3.83. The second kappa shape index (κ2) is 6.03. The molecule has 1 atom stereocenters. The molecule has 0 heterocycles. The van der Waals surface area contributed by atoms with Crippen LogP contribution in [0.2, 0.25) is 5.02 Å². The van der Waals surface area contributed by atoms with Gasteiger partial charge in [-0.05, 0) is 25.0 Å². The second-order valence-electron chi connectivity index (χ2n) is 4.40. The number of halogens is 1. The van der Waals surface area contributed by atoms with Crippen LogP contribution in [0.1, 0.15) is 25.8 Å². The smallest absolute Gasteiger partial charge is 0.224 e. The number of carbonyl (C=O) groups is 1. The van der Waals surface area contributed by atoms with Gasteiger partial charge in [0.2, 0.25) is 5.91 Å². The zero-order valence-corrected chi connectivity index (χ0v) is 10.9. The molecule has 0 aliphatic heterocycles. The first-order chi connectivity index (χ1) is 7.94. The van der Waals surface area contributed by atoms with Crippen molar-refractivity contribution in [3.05, 3.63) is 34.9 Å². The highest BCUT2D eigenvalue weighted by atomic mass is 35.5. The SMILES string of the molecule is CCC(C)(O)CNC(=O)Cc1ccccc1Cl. The maximum absolute atomic E-state index is 11.6. The lowest BCUT2D eigenvalue weighted by Gasteiger charge is -2.21. The van der Waals surface area contributed by atoms with Crippen molar-refractivity contribution in [3.63, 3.8) is 0 Å². The Morgan fingerprint density at radius 2 is 2.12 bits per heavy atom. The maximum atomic E-state index is 11.6. The summed E-state index contributed by atoms with van der Waals surface area (Å²) in [4.78, 5) is 11.6. The summed E-state index contributed by atoms with van der Waals surface area (Å²) in [5.74, 6) is -0.133. The standard InChI is InChI=1S/C13H18ClNO2/c1-3-13(2,17)9-15-12(16)8-10-6-4-5-7-11(10)14/h4-7,17H,3,8-9H2,1-2H3,(H,15,16). The number of benzene rings is 1. The van der Waals surface area contributed by atoms with Gasteiger partial charge in [-0.2, -0.15) is 0 Å². The summed E-state index contributed by atoms with van der Waals surface area (Å²) < 4.78 is 0. The largest absolute Gasteiger partial charge is 0.388 e. The van der Waals surface area contributed by atoms with Gasteiger partial charge in [-0.15, -0.1) is 0 Å². The average molecular weight is 256 g/mol. The van der Waals surface area contributed by atoms with Crippen molar-refractivity contribution in [2.45, 2.75) is 32.3 Å². The van der Waals surface area contributed by atoms with E-state index in [2.05, 4.69) is 5.32 Å². The zero-order chi connectivity index (χ0) is 12.9. The minimum atomic E-state index is -0.851. The Bertz CT molecular complexity index is 391. The second-order valence-corrected chi connectivity index (χ2v) is 4.80. The number of hydrogen-bond acceptors (Lipinski definition) is 2. The van der Waals surface area contributed by atoms with Gasteiger partial charge in [0.1, 0.15) is 0 Å². The van der Waals surface area contributed by atoms with Gasteiger partial charge in [-0.3, -0.25) is 4.79 Å². The minimum absolute atomic E-state index is 0.133. The van der Waals surface area contributed by atoms with Crippen LogP contribution in [0.15, 0.2) is 24.3 Å². The van der Waals surface area contributed by atoms with Crippen molar-refractivity contribution >= 4 is 17.5 Å². The van der Waals surface area contributed by atoms with E-state index in [-0.39, 0.29) is 18.9 Å². The Balaban J connectivity index is 2.48. The predicted octanol–water partition coefficient (Wildman–Crippen LogP) is 2.16. The molecule has 1 amide bonds. The topological polar surface area (TPSA) is 49.3 Å². The van der Waals surface area contributed by atoms with Gasteiger partial charge < -0.3 is 10.4 Å². The normalized spacial score (nSPS) is 14.1. The molecule has 0 saturated heterocycles. The van der Waals surface area contributed by atoms with Crippen molar-refractivity contribution in [1.29, 1.82) is 0 Å². The van der Waals surface area contributed by atoms with Crippen LogP contribution >= 0.6 is 11.6 Å². The first kappa shape index (κ1) is 14.0. The highest BCUT2D eigenvalue weighted by molar-refractivity contribution is 6.31. The molecule has 4 heteroatoms. The molecule has 1 aromatic carbocycles. The Hall–Kier alpha value is -1.06. The number of amides is 1. The van der Waals surface area contributed by atoms with Gasteiger partial charge in [0.15, 0.2) is 0 Å². The van der Waals surface area contributed by atoms with E-state index in [9.17, 15) is 9.90 Å². The minimum Gasteiger partial charge on any atom is -0.388 e. The third-order valence-corrected chi connectivity index (χ3v) is 3.11. The van der Waals surface area contributed by atoms with Crippen molar-refractivity contribution in [2.75, 3.05) is 6.54 Å². The van der Waals surface area contributed by atoms with Crippen LogP contribution in [0, 0.1) is 0 Å². The van der Waals surface area contributed by atoms with Crippen LogP contribution in [0.25, 0.3) is 0 Å². The molecule has 0 spiro atoms. The molecule has 1 aromatic rings. The van der Waals surface area contributed by atoms with Crippen LogP contribution in [0.3, 0.4) is 0 Å². The molecule has 0 aliphatic rings. The van der Waals surface area contributed by atoms with Gasteiger partial charge in [-0.1, -0.05) is 36.7 Å². The van der Waals surface area contributed by atoms with E-state index >= 15 is 0 Å². The molecule has 0 aliphatic carbocycles. The molecule has 2 N–H and O–H groups in total. The monoisotopic (exact) mass is 255 g/mol. The summed E-state index contributed by atoms with van der Waals surface area (Å²) >= 11 is 5.96. The number of aliphatic hydroxyl groups is 1. The zero-order valence-electron chi connectivity index (χ0n) is 10.2. The van der Waals surface area contributed by atoms with Gasteiger partial charge in [0, 0.05) is 11.6 Å². The summed E-state index contributed by atoms with van der Waals surface area (Å²) in [5, 5.41) is 13.0. The van der Waals surface area contributed by atoms with Crippen LogP contribution < -0.4 is 5.32 Å². The van der Waals surface area contributed by atoms with E-state index in [1.54, 1.807) is 13.0 Å². The molecular formula is C13H18ClNO2. The van der Waals surface area contributed by atoms with Gasteiger partial charge >= 0.3 is 0 Å². The Labute approximate surface area is 107 Å². The molecule has 0 saturated carbocycles. The van der Waals surface area contributed by atoms with E-state index in [4.69, 9.17) is 11.6 Å².